The predicted octanol–water partition coefficient (Wildman–Crippen LogP) is 5.05. The maximum Gasteiger partial charge on any atom is 0.419 e. The fraction of sp³-hybridized carbons (Fsp3) is 0.571. The number of H-pyrrole nitrogens is 1. The molecule has 5 nitrogen and oxygen atoms in total. The maximum atomic E-state index is 13.7. The van der Waals surface area contributed by atoms with Gasteiger partial charge in [-0.25, -0.2) is 0 Å². The molecule has 1 aromatic carbocycles. The summed E-state index contributed by atoms with van der Waals surface area (Å²) in [4.78, 5) is 2.13. The molecule has 0 aliphatic rings. The third kappa shape index (κ3) is 6.47. The molecule has 0 saturated heterocycles. The number of aromatic amines is 1. The number of ether oxygens (including phenoxy) is 2. The lowest BCUT2D eigenvalue weighted by Gasteiger charge is -2.19. The monoisotopic (exact) mass is 413 g/mol. The molecule has 1 heterocycles. The summed E-state index contributed by atoms with van der Waals surface area (Å²) in [5.74, 6) is -0.153. The number of unbranched alkanes of at least 4 members (excludes halogenated alkanes) is 1. The molecule has 1 aromatic heterocycles. The van der Waals surface area contributed by atoms with Crippen molar-refractivity contribution < 1.29 is 22.6 Å². The number of nitrogens with one attached hydrogen (secondary N) is 1. The van der Waals surface area contributed by atoms with Crippen LogP contribution in [0.4, 0.5) is 13.2 Å². The molecule has 0 aliphatic carbocycles. The van der Waals surface area contributed by atoms with Gasteiger partial charge in [0, 0.05) is 32.2 Å². The standard InChI is InChI=1S/C21H30F3N3O2/c1-5-6-8-27(3)14-19-17(13-25-26-19)16-12-18(21(22,23)24)20(11-15(16)2)29-10-7-9-28-4/h11-13H,5-10,14H2,1-4H3,(H,25,26). The van der Waals surface area contributed by atoms with Gasteiger partial charge in [-0.2, -0.15) is 18.3 Å². The van der Waals surface area contributed by atoms with Gasteiger partial charge in [-0.1, -0.05) is 13.3 Å². The number of hydrogen-bond acceptors (Lipinski definition) is 4. The SMILES string of the molecule is CCCCN(C)Cc1[nH]ncc1-c1cc(C(F)(F)F)c(OCCCOC)cc1C. The number of aromatic nitrogens is 2. The summed E-state index contributed by atoms with van der Waals surface area (Å²) < 4.78 is 51.4. The molecule has 0 radical (unpaired) electrons. The normalized spacial score (nSPS) is 12.0. The Morgan fingerprint density at radius 1 is 1.14 bits per heavy atom. The summed E-state index contributed by atoms with van der Waals surface area (Å²) in [6, 6.07) is 2.63. The van der Waals surface area contributed by atoms with Gasteiger partial charge in [-0.05, 0) is 50.2 Å². The van der Waals surface area contributed by atoms with Gasteiger partial charge in [0.2, 0.25) is 0 Å². The molecule has 0 bridgehead atoms. The van der Waals surface area contributed by atoms with Crippen molar-refractivity contribution >= 4 is 0 Å². The number of nitrogens with zero attached hydrogens (tertiary/aromatic N) is 2. The van der Waals surface area contributed by atoms with E-state index in [1.165, 1.54) is 12.1 Å². The second-order valence-electron chi connectivity index (χ2n) is 7.21. The number of aryl methyl sites for hydroxylation is 1. The highest BCUT2D eigenvalue weighted by atomic mass is 19.4. The van der Waals surface area contributed by atoms with Gasteiger partial charge in [-0.15, -0.1) is 0 Å². The first-order chi connectivity index (χ1) is 13.8. The summed E-state index contributed by atoms with van der Waals surface area (Å²) >= 11 is 0. The van der Waals surface area contributed by atoms with Crippen molar-refractivity contribution in [2.75, 3.05) is 33.9 Å². The molecule has 2 rings (SSSR count). The fourth-order valence-electron chi connectivity index (χ4n) is 3.14. The molecular weight excluding hydrogens is 383 g/mol. The van der Waals surface area contributed by atoms with Crippen LogP contribution in [0.15, 0.2) is 18.3 Å². The third-order valence-corrected chi connectivity index (χ3v) is 4.71. The lowest BCUT2D eigenvalue weighted by molar-refractivity contribution is -0.138. The first-order valence-electron chi connectivity index (χ1n) is 9.82. The van der Waals surface area contributed by atoms with Gasteiger partial charge in [0.25, 0.3) is 0 Å². The molecule has 0 amide bonds. The van der Waals surface area contributed by atoms with E-state index in [-0.39, 0.29) is 12.4 Å². The van der Waals surface area contributed by atoms with E-state index in [0.717, 1.165) is 25.1 Å². The van der Waals surface area contributed by atoms with E-state index >= 15 is 0 Å². The average molecular weight is 413 g/mol. The zero-order valence-electron chi connectivity index (χ0n) is 17.5. The lowest BCUT2D eigenvalue weighted by Crippen LogP contribution is -2.19. The van der Waals surface area contributed by atoms with Crippen LogP contribution in [0.1, 0.15) is 43.0 Å². The lowest BCUT2D eigenvalue weighted by atomic mass is 9.97. The Bertz CT molecular complexity index is 775. The van der Waals surface area contributed by atoms with Gasteiger partial charge in [0.1, 0.15) is 5.75 Å². The molecule has 0 saturated carbocycles. The summed E-state index contributed by atoms with van der Waals surface area (Å²) in [6.45, 7) is 6.00. The summed E-state index contributed by atoms with van der Waals surface area (Å²) in [7, 11) is 3.54. The number of rotatable bonds is 11. The first-order valence-corrected chi connectivity index (χ1v) is 9.82. The van der Waals surface area contributed by atoms with Crippen LogP contribution in [0.2, 0.25) is 0 Å². The smallest absolute Gasteiger partial charge is 0.419 e. The van der Waals surface area contributed by atoms with Crippen molar-refractivity contribution in [1.82, 2.24) is 15.1 Å². The molecule has 1 N–H and O–H groups in total. The topological polar surface area (TPSA) is 50.4 Å². The maximum absolute atomic E-state index is 13.7. The van der Waals surface area contributed by atoms with E-state index in [1.807, 2.05) is 7.05 Å². The van der Waals surface area contributed by atoms with E-state index < -0.39 is 11.7 Å². The van der Waals surface area contributed by atoms with Crippen LogP contribution in [0.5, 0.6) is 5.75 Å². The molecule has 162 valence electrons. The van der Waals surface area contributed by atoms with Crippen LogP contribution in [-0.4, -0.2) is 49.0 Å². The van der Waals surface area contributed by atoms with Crippen LogP contribution in [-0.2, 0) is 17.5 Å². The predicted molar refractivity (Wildman–Crippen MR) is 107 cm³/mol. The summed E-state index contributed by atoms with van der Waals surface area (Å²) in [6.07, 6.45) is -0.261. The zero-order valence-corrected chi connectivity index (χ0v) is 17.5. The Morgan fingerprint density at radius 2 is 1.90 bits per heavy atom. The number of methoxy groups -OCH3 is 1. The van der Waals surface area contributed by atoms with Gasteiger partial charge in [0.15, 0.2) is 0 Å². The Morgan fingerprint density at radius 3 is 2.55 bits per heavy atom. The number of benzene rings is 1. The molecule has 29 heavy (non-hydrogen) atoms. The van der Waals surface area contributed by atoms with Gasteiger partial charge < -0.3 is 14.4 Å². The highest BCUT2D eigenvalue weighted by molar-refractivity contribution is 5.71. The fourth-order valence-corrected chi connectivity index (χ4v) is 3.14. The minimum atomic E-state index is -4.51. The number of halogens is 3. The zero-order chi connectivity index (χ0) is 21.4. The second kappa shape index (κ2) is 10.6. The van der Waals surface area contributed by atoms with Crippen LogP contribution >= 0.6 is 0 Å². The molecule has 0 fully saturated rings. The Labute approximate surface area is 170 Å². The van der Waals surface area contributed by atoms with E-state index in [0.29, 0.717) is 36.3 Å². The van der Waals surface area contributed by atoms with Crippen molar-refractivity contribution in [3.63, 3.8) is 0 Å². The first kappa shape index (κ1) is 23.2. The quantitative estimate of drug-likeness (QED) is 0.524. The Kier molecular flexibility index (Phi) is 8.52. The van der Waals surface area contributed by atoms with Crippen molar-refractivity contribution in [2.45, 2.75) is 45.8 Å². The summed E-state index contributed by atoms with van der Waals surface area (Å²) in [5, 5.41) is 7.02. The van der Waals surface area contributed by atoms with Crippen LogP contribution in [0.25, 0.3) is 11.1 Å². The largest absolute Gasteiger partial charge is 0.493 e. The molecule has 0 aliphatic heterocycles. The number of hydrogen-bond donors (Lipinski definition) is 1. The number of alkyl halides is 3. The highest BCUT2D eigenvalue weighted by Crippen LogP contribution is 2.41. The Balaban J connectivity index is 2.33. The minimum Gasteiger partial charge on any atom is -0.493 e. The molecule has 2 aromatic rings. The highest BCUT2D eigenvalue weighted by Gasteiger charge is 2.35. The molecule has 0 spiro atoms. The van der Waals surface area contributed by atoms with E-state index in [2.05, 4.69) is 22.0 Å². The second-order valence-corrected chi connectivity index (χ2v) is 7.21. The van der Waals surface area contributed by atoms with E-state index in [9.17, 15) is 13.2 Å². The van der Waals surface area contributed by atoms with Crippen molar-refractivity contribution in [2.24, 2.45) is 0 Å². The van der Waals surface area contributed by atoms with Gasteiger partial charge in [-0.3, -0.25) is 5.10 Å². The van der Waals surface area contributed by atoms with Gasteiger partial charge >= 0.3 is 6.18 Å². The molecule has 0 atom stereocenters. The van der Waals surface area contributed by atoms with Crippen molar-refractivity contribution in [3.8, 4) is 16.9 Å². The minimum absolute atomic E-state index is 0.153. The van der Waals surface area contributed by atoms with Crippen LogP contribution in [0.3, 0.4) is 0 Å². The molecule has 0 unspecified atom stereocenters. The third-order valence-electron chi connectivity index (χ3n) is 4.71. The van der Waals surface area contributed by atoms with Crippen molar-refractivity contribution in [3.05, 3.63) is 35.2 Å². The van der Waals surface area contributed by atoms with Crippen molar-refractivity contribution in [1.29, 1.82) is 0 Å². The Hall–Kier alpha value is -2.06. The average Bonchev–Trinajstić information content (AvgIpc) is 3.10. The van der Waals surface area contributed by atoms with Crippen LogP contribution < -0.4 is 4.74 Å². The summed E-state index contributed by atoms with van der Waals surface area (Å²) in [5.41, 5.74) is 1.92. The molecular formula is C21H30F3N3O2. The van der Waals surface area contributed by atoms with E-state index in [4.69, 9.17) is 9.47 Å². The van der Waals surface area contributed by atoms with Gasteiger partial charge in [0.05, 0.1) is 24.1 Å². The molecule has 8 heteroatoms. The van der Waals surface area contributed by atoms with E-state index in [1.54, 1.807) is 20.2 Å². The van der Waals surface area contributed by atoms with Crippen LogP contribution in [0, 0.1) is 6.92 Å².